The number of morpholine rings is 1. The van der Waals surface area contributed by atoms with Crippen molar-refractivity contribution in [3.05, 3.63) is 53.7 Å². The minimum Gasteiger partial charge on any atom is -0.381 e. The van der Waals surface area contributed by atoms with Crippen LogP contribution in [0.3, 0.4) is 0 Å². The van der Waals surface area contributed by atoms with Crippen LogP contribution in [0.2, 0.25) is 0 Å². The van der Waals surface area contributed by atoms with Gasteiger partial charge in [0.25, 0.3) is 0 Å². The number of amides is 2. The van der Waals surface area contributed by atoms with E-state index in [1.165, 1.54) is 24.0 Å². The third-order valence-corrected chi connectivity index (χ3v) is 8.85. The van der Waals surface area contributed by atoms with Crippen LogP contribution in [0.5, 0.6) is 0 Å². The Labute approximate surface area is 232 Å². The van der Waals surface area contributed by atoms with Gasteiger partial charge in [0.1, 0.15) is 5.82 Å². The largest absolute Gasteiger partial charge is 0.381 e. The van der Waals surface area contributed by atoms with Gasteiger partial charge in [0.15, 0.2) is 0 Å². The number of ether oxygens (including phenoxy) is 2. The molecule has 1 aliphatic carbocycles. The van der Waals surface area contributed by atoms with E-state index in [0.29, 0.717) is 19.1 Å². The van der Waals surface area contributed by atoms with Gasteiger partial charge in [-0.3, -0.25) is 4.90 Å². The molecule has 210 valence electrons. The van der Waals surface area contributed by atoms with Gasteiger partial charge in [-0.15, -0.1) is 0 Å². The summed E-state index contributed by atoms with van der Waals surface area (Å²) in [5, 5.41) is 6.89. The number of carbonyl (C=O) groups is 1. The fourth-order valence-electron chi connectivity index (χ4n) is 6.33. The molecule has 4 fully saturated rings. The molecular weight excluding hydrogens is 490 g/mol. The van der Waals surface area contributed by atoms with Gasteiger partial charge in [0.2, 0.25) is 0 Å². The Morgan fingerprint density at radius 3 is 2.33 bits per heavy atom. The van der Waals surface area contributed by atoms with Gasteiger partial charge in [-0.25, -0.2) is 9.78 Å². The minimum atomic E-state index is -0.0130. The molecule has 8 nitrogen and oxygen atoms in total. The first-order chi connectivity index (χ1) is 19.2. The van der Waals surface area contributed by atoms with E-state index in [1.807, 2.05) is 11.1 Å². The molecule has 2 amide bonds. The molecule has 1 aromatic heterocycles. The Bertz CT molecular complexity index is 1060. The van der Waals surface area contributed by atoms with Crippen LogP contribution in [-0.2, 0) is 15.9 Å². The Hall–Kier alpha value is -2.68. The van der Waals surface area contributed by atoms with Gasteiger partial charge >= 0.3 is 6.03 Å². The van der Waals surface area contributed by atoms with Crippen molar-refractivity contribution in [2.45, 2.75) is 62.9 Å². The van der Waals surface area contributed by atoms with Crippen LogP contribution in [-0.4, -0.2) is 75.7 Å². The predicted molar refractivity (Wildman–Crippen MR) is 154 cm³/mol. The molecule has 1 aromatic carbocycles. The lowest BCUT2D eigenvalue weighted by molar-refractivity contribution is 0.0802. The number of carbonyl (C=O) groups excluding carboxylic acids is 1. The van der Waals surface area contributed by atoms with Crippen LogP contribution < -0.4 is 20.4 Å². The molecule has 8 heteroatoms. The molecule has 4 heterocycles. The summed E-state index contributed by atoms with van der Waals surface area (Å²) in [4.78, 5) is 23.3. The molecule has 3 saturated heterocycles. The maximum atomic E-state index is 14.1. The SMILES string of the molecule is O=C(NC1CCOCC1)N(c1ccc(N2CCOCC2)nc1)C(Cc1ccc(C2CC2)cc1)C1CCNCC1. The maximum Gasteiger partial charge on any atom is 0.322 e. The first kappa shape index (κ1) is 26.5. The molecular formula is C31H43N5O3. The highest BCUT2D eigenvalue weighted by Gasteiger charge is 2.35. The second-order valence-electron chi connectivity index (χ2n) is 11.6. The number of piperidine rings is 1. The molecule has 1 atom stereocenters. The monoisotopic (exact) mass is 533 g/mol. The standard InChI is InChI=1S/C31H43N5O3/c37-31(34-27-11-17-38-18-12-27)36(28-7-8-30(33-22-28)35-15-19-39-20-16-35)29(26-9-13-32-14-10-26)21-23-1-3-24(4-2-23)25-5-6-25/h1-4,7-8,22,25-27,29,32H,5-6,9-21H2,(H,34,37). The Morgan fingerprint density at radius 1 is 0.949 bits per heavy atom. The van der Waals surface area contributed by atoms with Gasteiger partial charge in [0.05, 0.1) is 25.1 Å². The first-order valence-electron chi connectivity index (χ1n) is 15.0. The van der Waals surface area contributed by atoms with E-state index in [0.717, 1.165) is 88.9 Å². The van der Waals surface area contributed by atoms with Crippen molar-refractivity contribution in [1.29, 1.82) is 0 Å². The summed E-state index contributed by atoms with van der Waals surface area (Å²) in [6.07, 6.45) is 9.19. The highest BCUT2D eigenvalue weighted by Crippen LogP contribution is 2.40. The number of urea groups is 1. The summed E-state index contributed by atoms with van der Waals surface area (Å²) in [6.45, 7) is 6.51. The van der Waals surface area contributed by atoms with Crippen LogP contribution in [0, 0.1) is 5.92 Å². The van der Waals surface area contributed by atoms with Crippen LogP contribution in [0.15, 0.2) is 42.6 Å². The normalized spacial score (nSPS) is 21.9. The lowest BCUT2D eigenvalue weighted by Crippen LogP contribution is -2.54. The lowest BCUT2D eigenvalue weighted by Gasteiger charge is -2.40. The zero-order valence-corrected chi connectivity index (χ0v) is 23.0. The van der Waals surface area contributed by atoms with E-state index in [2.05, 4.69) is 51.9 Å². The zero-order valence-electron chi connectivity index (χ0n) is 23.0. The fraction of sp³-hybridized carbons (Fsp3) is 0.613. The van der Waals surface area contributed by atoms with Crippen molar-refractivity contribution in [3.63, 3.8) is 0 Å². The minimum absolute atomic E-state index is 0.0130. The molecule has 6 rings (SSSR count). The topological polar surface area (TPSA) is 79.0 Å². The van der Waals surface area contributed by atoms with Gasteiger partial charge in [-0.05, 0) is 93.1 Å². The molecule has 2 aromatic rings. The second kappa shape index (κ2) is 12.7. The third kappa shape index (κ3) is 6.73. The van der Waals surface area contributed by atoms with Crippen LogP contribution >= 0.6 is 0 Å². The molecule has 1 unspecified atom stereocenters. The molecule has 0 bridgehead atoms. The third-order valence-electron chi connectivity index (χ3n) is 8.85. The average molecular weight is 534 g/mol. The summed E-state index contributed by atoms with van der Waals surface area (Å²) in [7, 11) is 0. The number of hydrogen-bond acceptors (Lipinski definition) is 6. The number of pyridine rings is 1. The van der Waals surface area contributed by atoms with E-state index < -0.39 is 0 Å². The zero-order chi connectivity index (χ0) is 26.4. The first-order valence-corrected chi connectivity index (χ1v) is 15.0. The number of benzene rings is 1. The van der Waals surface area contributed by atoms with E-state index in [1.54, 1.807) is 0 Å². The van der Waals surface area contributed by atoms with Gasteiger partial charge in [0, 0.05) is 38.4 Å². The van der Waals surface area contributed by atoms with Crippen molar-refractivity contribution in [2.75, 3.05) is 62.4 Å². The van der Waals surface area contributed by atoms with E-state index >= 15 is 0 Å². The molecule has 4 aliphatic rings. The summed E-state index contributed by atoms with van der Waals surface area (Å²) < 4.78 is 11.1. The van der Waals surface area contributed by atoms with Crippen molar-refractivity contribution >= 4 is 17.5 Å². The van der Waals surface area contributed by atoms with Crippen LogP contribution in [0.25, 0.3) is 0 Å². The highest BCUT2D eigenvalue weighted by atomic mass is 16.5. The average Bonchev–Trinajstić information content (AvgIpc) is 3.85. The van der Waals surface area contributed by atoms with Crippen LogP contribution in [0.1, 0.15) is 55.6 Å². The summed E-state index contributed by atoms with van der Waals surface area (Å²) >= 11 is 0. The summed E-state index contributed by atoms with van der Waals surface area (Å²) in [6, 6.07) is 13.5. The number of rotatable bonds is 8. The lowest BCUT2D eigenvalue weighted by atomic mass is 9.85. The quantitative estimate of drug-likeness (QED) is 0.532. The van der Waals surface area contributed by atoms with Crippen molar-refractivity contribution < 1.29 is 14.3 Å². The number of hydrogen-bond donors (Lipinski definition) is 2. The second-order valence-corrected chi connectivity index (χ2v) is 11.6. The Kier molecular flexibility index (Phi) is 8.62. The summed E-state index contributed by atoms with van der Waals surface area (Å²) in [5.41, 5.74) is 3.62. The number of anilines is 2. The van der Waals surface area contributed by atoms with Gasteiger partial charge < -0.3 is 25.0 Å². The van der Waals surface area contributed by atoms with Crippen molar-refractivity contribution in [3.8, 4) is 0 Å². The smallest absolute Gasteiger partial charge is 0.322 e. The molecule has 0 radical (unpaired) electrons. The van der Waals surface area contributed by atoms with Crippen molar-refractivity contribution in [2.24, 2.45) is 5.92 Å². The number of aromatic nitrogens is 1. The molecule has 0 spiro atoms. The molecule has 39 heavy (non-hydrogen) atoms. The highest BCUT2D eigenvalue weighted by molar-refractivity contribution is 5.93. The van der Waals surface area contributed by atoms with Gasteiger partial charge in [-0.2, -0.15) is 0 Å². The Balaban J connectivity index is 1.29. The van der Waals surface area contributed by atoms with Crippen molar-refractivity contribution in [1.82, 2.24) is 15.6 Å². The molecule has 2 N–H and O–H groups in total. The van der Waals surface area contributed by atoms with E-state index in [4.69, 9.17) is 14.5 Å². The summed E-state index contributed by atoms with van der Waals surface area (Å²) in [5.74, 6) is 2.10. The van der Waals surface area contributed by atoms with Crippen LogP contribution in [0.4, 0.5) is 16.3 Å². The molecule has 1 saturated carbocycles. The fourth-order valence-corrected chi connectivity index (χ4v) is 6.33. The van der Waals surface area contributed by atoms with E-state index in [9.17, 15) is 4.79 Å². The maximum absolute atomic E-state index is 14.1. The molecule has 3 aliphatic heterocycles. The number of nitrogens with zero attached hydrogens (tertiary/aromatic N) is 3. The predicted octanol–water partition coefficient (Wildman–Crippen LogP) is 4.10. The number of nitrogens with one attached hydrogen (secondary N) is 2. The van der Waals surface area contributed by atoms with Gasteiger partial charge in [-0.1, -0.05) is 24.3 Å². The Morgan fingerprint density at radius 2 is 1.67 bits per heavy atom. The van der Waals surface area contributed by atoms with E-state index in [-0.39, 0.29) is 18.1 Å².